The number of nitrogens with zero attached hydrogens (tertiary/aromatic N) is 3. The van der Waals surface area contributed by atoms with Gasteiger partial charge in [0.1, 0.15) is 6.61 Å². The van der Waals surface area contributed by atoms with Gasteiger partial charge in [-0.25, -0.2) is 4.79 Å². The highest BCUT2D eigenvalue weighted by atomic mass is 32.2. The minimum absolute atomic E-state index is 0.00322. The van der Waals surface area contributed by atoms with Crippen molar-refractivity contribution < 1.29 is 36.8 Å². The Balaban J connectivity index is 0.000000537. The molecular formula is C16H16N4O8S. The summed E-state index contributed by atoms with van der Waals surface area (Å²) in [5, 5.41) is 17.3. The monoisotopic (exact) mass is 424 g/mol. The van der Waals surface area contributed by atoms with Crippen LogP contribution in [0.15, 0.2) is 47.4 Å². The molecule has 0 atom stereocenters. The second kappa shape index (κ2) is 9.57. The fourth-order valence-electron chi connectivity index (χ4n) is 1.99. The number of amides is 1. The molecule has 3 aromatic rings. The number of carbonyl (C=O) groups excluding carboxylic acids is 2. The molecule has 1 amide bonds. The van der Waals surface area contributed by atoms with Gasteiger partial charge < -0.3 is 15.3 Å². The minimum Gasteiger partial charge on any atom is -0.460 e. The van der Waals surface area contributed by atoms with E-state index in [0.29, 0.717) is 11.8 Å². The van der Waals surface area contributed by atoms with E-state index < -0.39 is 16.1 Å². The standard InChI is InChI=1S/C15H12N4O5.CH4O3S/c20-14(11-2-1-5-16-9-11)17-6-7-23-15(21)10-3-4-13-12(8-10)18-24-19(13)22;1-5(2,3)4/h1-5,8-9H,6-7H2,(H,17,20);1H3,(H,2,3,4). The van der Waals surface area contributed by atoms with Crippen molar-refractivity contribution >= 4 is 33.0 Å². The summed E-state index contributed by atoms with van der Waals surface area (Å²) in [7, 11) is -3.67. The van der Waals surface area contributed by atoms with Gasteiger partial charge in [-0.2, -0.15) is 8.42 Å². The first kappa shape index (κ1) is 21.7. The molecule has 13 heteroatoms. The van der Waals surface area contributed by atoms with Crippen molar-refractivity contribution in [1.82, 2.24) is 15.5 Å². The highest BCUT2D eigenvalue weighted by molar-refractivity contribution is 7.85. The Bertz CT molecular complexity index is 1090. The second-order valence-electron chi connectivity index (χ2n) is 5.50. The van der Waals surface area contributed by atoms with Gasteiger partial charge in [-0.3, -0.25) is 19.0 Å². The maximum atomic E-state index is 11.9. The van der Waals surface area contributed by atoms with Crippen LogP contribution in [0.1, 0.15) is 20.7 Å². The Morgan fingerprint density at radius 3 is 2.69 bits per heavy atom. The van der Waals surface area contributed by atoms with E-state index in [2.05, 4.69) is 20.1 Å². The summed E-state index contributed by atoms with van der Waals surface area (Å²) < 4.78 is 35.3. The first-order chi connectivity index (χ1) is 13.6. The number of fused-ring (bicyclic) bond motifs is 1. The molecule has 29 heavy (non-hydrogen) atoms. The van der Waals surface area contributed by atoms with Crippen LogP contribution in [0.4, 0.5) is 0 Å². The molecule has 1 aromatic carbocycles. The normalized spacial score (nSPS) is 10.7. The van der Waals surface area contributed by atoms with Gasteiger partial charge in [0, 0.05) is 23.6 Å². The van der Waals surface area contributed by atoms with Gasteiger partial charge in [-0.1, -0.05) is 0 Å². The van der Waals surface area contributed by atoms with Gasteiger partial charge in [0.25, 0.3) is 16.0 Å². The number of pyridine rings is 1. The Hall–Kier alpha value is -3.58. The van der Waals surface area contributed by atoms with Crippen molar-refractivity contribution in [3.63, 3.8) is 0 Å². The van der Waals surface area contributed by atoms with Crippen LogP contribution in [0, 0.1) is 5.21 Å². The number of nitrogens with one attached hydrogen (secondary N) is 1. The maximum absolute atomic E-state index is 11.9. The quantitative estimate of drug-likeness (QED) is 0.244. The van der Waals surface area contributed by atoms with Gasteiger partial charge in [0.2, 0.25) is 11.0 Å². The zero-order chi connectivity index (χ0) is 21.4. The lowest BCUT2D eigenvalue weighted by Crippen LogP contribution is -2.28. The predicted molar refractivity (Wildman–Crippen MR) is 97.3 cm³/mol. The van der Waals surface area contributed by atoms with Crippen molar-refractivity contribution in [3.8, 4) is 0 Å². The smallest absolute Gasteiger partial charge is 0.338 e. The number of ether oxygens (including phenoxy) is 1. The molecule has 0 unspecified atom stereocenters. The summed E-state index contributed by atoms with van der Waals surface area (Å²) >= 11 is 0. The van der Waals surface area contributed by atoms with E-state index in [1.807, 2.05) is 0 Å². The third kappa shape index (κ3) is 7.15. The summed E-state index contributed by atoms with van der Waals surface area (Å²) in [5.41, 5.74) is 1.13. The Kier molecular flexibility index (Phi) is 7.16. The van der Waals surface area contributed by atoms with Crippen LogP contribution in [-0.2, 0) is 14.9 Å². The third-order valence-electron chi connectivity index (χ3n) is 3.17. The summed E-state index contributed by atoms with van der Waals surface area (Å²) in [4.78, 5) is 27.8. The predicted octanol–water partition coefficient (Wildman–Crippen LogP) is -0.0530. The fourth-order valence-corrected chi connectivity index (χ4v) is 1.99. The Labute approximate surface area is 164 Å². The SMILES string of the molecule is CS(=O)(=O)O.O=C(NCCOC(=O)c1ccc2c(c1)no[n+]2[O-])c1cccnc1. The van der Waals surface area contributed by atoms with Crippen LogP contribution in [0.3, 0.4) is 0 Å². The summed E-state index contributed by atoms with van der Waals surface area (Å²) in [6, 6.07) is 7.53. The third-order valence-corrected chi connectivity index (χ3v) is 3.17. The van der Waals surface area contributed by atoms with Crippen LogP contribution >= 0.6 is 0 Å². The van der Waals surface area contributed by atoms with Crippen LogP contribution < -0.4 is 10.2 Å². The second-order valence-corrected chi connectivity index (χ2v) is 6.97. The molecule has 0 saturated heterocycles. The number of esters is 1. The average Bonchev–Trinajstić information content (AvgIpc) is 3.04. The number of benzene rings is 1. The van der Waals surface area contributed by atoms with Crippen molar-refractivity contribution in [2.75, 3.05) is 19.4 Å². The van der Waals surface area contributed by atoms with Crippen molar-refractivity contribution in [2.45, 2.75) is 0 Å². The van der Waals surface area contributed by atoms with E-state index in [9.17, 15) is 23.2 Å². The molecule has 0 aliphatic rings. The van der Waals surface area contributed by atoms with E-state index in [1.165, 1.54) is 24.4 Å². The van der Waals surface area contributed by atoms with Crippen molar-refractivity contribution in [1.29, 1.82) is 0 Å². The zero-order valence-electron chi connectivity index (χ0n) is 15.0. The lowest BCUT2D eigenvalue weighted by Gasteiger charge is -2.06. The molecule has 0 saturated carbocycles. The van der Waals surface area contributed by atoms with Crippen LogP contribution in [0.5, 0.6) is 0 Å². The van der Waals surface area contributed by atoms with Crippen LogP contribution in [0.2, 0.25) is 0 Å². The zero-order valence-corrected chi connectivity index (χ0v) is 15.8. The highest BCUT2D eigenvalue weighted by Crippen LogP contribution is 2.11. The summed E-state index contributed by atoms with van der Waals surface area (Å²) in [6.45, 7) is 0.162. The summed E-state index contributed by atoms with van der Waals surface area (Å²) in [6.07, 6.45) is 3.72. The molecule has 2 aromatic heterocycles. The molecule has 0 aliphatic heterocycles. The van der Waals surface area contributed by atoms with Gasteiger partial charge in [0.05, 0.1) is 23.9 Å². The molecule has 2 heterocycles. The fraction of sp³-hybridized carbons (Fsp3) is 0.188. The number of hydrogen-bond donors (Lipinski definition) is 2. The van der Waals surface area contributed by atoms with E-state index in [4.69, 9.17) is 9.29 Å². The van der Waals surface area contributed by atoms with Gasteiger partial charge in [-0.15, -0.1) is 0 Å². The van der Waals surface area contributed by atoms with Gasteiger partial charge in [0.15, 0.2) is 0 Å². The van der Waals surface area contributed by atoms with Gasteiger partial charge >= 0.3 is 5.97 Å². The molecule has 12 nitrogen and oxygen atoms in total. The molecule has 3 rings (SSSR count). The number of aromatic nitrogens is 3. The highest BCUT2D eigenvalue weighted by Gasteiger charge is 2.14. The molecule has 0 aliphatic carbocycles. The topological polar surface area (TPSA) is 176 Å². The number of hydrogen-bond acceptors (Lipinski definition) is 9. The minimum atomic E-state index is -3.67. The molecule has 2 N–H and O–H groups in total. The largest absolute Gasteiger partial charge is 0.460 e. The lowest BCUT2D eigenvalue weighted by atomic mass is 10.2. The number of rotatable bonds is 5. The van der Waals surface area contributed by atoms with E-state index >= 15 is 0 Å². The molecule has 0 radical (unpaired) electrons. The number of carbonyl (C=O) groups is 2. The lowest BCUT2D eigenvalue weighted by molar-refractivity contribution is -0.782. The first-order valence-corrected chi connectivity index (χ1v) is 9.77. The Morgan fingerprint density at radius 2 is 2.03 bits per heavy atom. The summed E-state index contributed by atoms with van der Waals surface area (Å²) in [5.74, 6) is -0.892. The van der Waals surface area contributed by atoms with Crippen LogP contribution in [-0.4, -0.2) is 54.4 Å². The molecule has 154 valence electrons. The molecule has 0 bridgehead atoms. The first-order valence-electron chi connectivity index (χ1n) is 7.92. The van der Waals surface area contributed by atoms with Crippen molar-refractivity contribution in [2.24, 2.45) is 0 Å². The maximum Gasteiger partial charge on any atom is 0.338 e. The Morgan fingerprint density at radius 1 is 1.31 bits per heavy atom. The van der Waals surface area contributed by atoms with E-state index in [-0.39, 0.29) is 40.6 Å². The van der Waals surface area contributed by atoms with Crippen molar-refractivity contribution in [3.05, 3.63) is 59.1 Å². The van der Waals surface area contributed by atoms with Crippen LogP contribution in [0.25, 0.3) is 11.0 Å². The molecule has 0 fully saturated rings. The van der Waals surface area contributed by atoms with E-state index in [1.54, 1.807) is 18.3 Å². The average molecular weight is 424 g/mol. The molecule has 0 spiro atoms. The van der Waals surface area contributed by atoms with Gasteiger partial charge in [-0.05, 0) is 29.2 Å². The van der Waals surface area contributed by atoms with E-state index in [0.717, 1.165) is 0 Å². The molecular weight excluding hydrogens is 408 g/mol.